The fourth-order valence-electron chi connectivity index (χ4n) is 1.16. The Morgan fingerprint density at radius 2 is 2.06 bits per heavy atom. The van der Waals surface area contributed by atoms with Gasteiger partial charge in [-0.25, -0.2) is 0 Å². The predicted molar refractivity (Wildman–Crippen MR) is 69.7 cm³/mol. The van der Waals surface area contributed by atoms with Gasteiger partial charge in [-0.2, -0.15) is 0 Å². The van der Waals surface area contributed by atoms with Crippen LogP contribution in [-0.4, -0.2) is 19.8 Å². The van der Waals surface area contributed by atoms with Crippen molar-refractivity contribution < 1.29 is 9.47 Å². The highest BCUT2D eigenvalue weighted by Gasteiger charge is 2.01. The molecular formula is C12H18BrNO2. The molecule has 90 valence electrons. The van der Waals surface area contributed by atoms with E-state index in [-0.39, 0.29) is 0 Å². The number of benzene rings is 1. The van der Waals surface area contributed by atoms with Crippen molar-refractivity contribution in [1.29, 1.82) is 0 Å². The van der Waals surface area contributed by atoms with E-state index < -0.39 is 0 Å². The van der Waals surface area contributed by atoms with Crippen LogP contribution in [0.1, 0.15) is 13.8 Å². The maximum Gasteiger partial charge on any atom is 0.143 e. The van der Waals surface area contributed by atoms with Crippen LogP contribution in [0.4, 0.5) is 5.69 Å². The van der Waals surface area contributed by atoms with Crippen molar-refractivity contribution in [3.63, 3.8) is 0 Å². The number of ether oxygens (including phenoxy) is 2. The van der Waals surface area contributed by atoms with Gasteiger partial charge in [-0.05, 0) is 24.1 Å². The second-order valence-corrected chi connectivity index (χ2v) is 4.92. The van der Waals surface area contributed by atoms with Gasteiger partial charge in [0, 0.05) is 11.1 Å². The van der Waals surface area contributed by atoms with Crippen molar-refractivity contribution >= 4 is 21.6 Å². The zero-order chi connectivity index (χ0) is 12.0. The summed E-state index contributed by atoms with van der Waals surface area (Å²) >= 11 is 3.37. The lowest BCUT2D eigenvalue weighted by atomic mass is 10.2. The van der Waals surface area contributed by atoms with E-state index in [0.717, 1.165) is 11.1 Å². The normalized spacial score (nSPS) is 10.8. The molecule has 16 heavy (non-hydrogen) atoms. The number of rotatable bonds is 6. The van der Waals surface area contributed by atoms with Crippen molar-refractivity contribution in [1.82, 2.24) is 0 Å². The third-order valence-electron chi connectivity index (χ3n) is 1.91. The smallest absolute Gasteiger partial charge is 0.143 e. The SMILES string of the molecule is CC(C)COCCOc1cc(Br)ccc1N. The molecule has 0 aromatic heterocycles. The van der Waals surface area contributed by atoms with E-state index in [0.29, 0.717) is 30.6 Å². The first kappa shape index (κ1) is 13.3. The van der Waals surface area contributed by atoms with Gasteiger partial charge in [0.05, 0.1) is 12.3 Å². The quantitative estimate of drug-likeness (QED) is 0.646. The average molecular weight is 288 g/mol. The molecule has 0 atom stereocenters. The summed E-state index contributed by atoms with van der Waals surface area (Å²) in [5, 5.41) is 0. The number of nitrogens with two attached hydrogens (primary N) is 1. The molecule has 0 heterocycles. The Morgan fingerprint density at radius 1 is 1.31 bits per heavy atom. The molecule has 0 aliphatic carbocycles. The van der Waals surface area contributed by atoms with Crippen LogP contribution in [0.5, 0.6) is 5.75 Å². The van der Waals surface area contributed by atoms with Gasteiger partial charge >= 0.3 is 0 Å². The van der Waals surface area contributed by atoms with Gasteiger partial charge < -0.3 is 15.2 Å². The summed E-state index contributed by atoms with van der Waals surface area (Å²) in [6, 6.07) is 5.56. The summed E-state index contributed by atoms with van der Waals surface area (Å²) < 4.78 is 11.9. The largest absolute Gasteiger partial charge is 0.489 e. The first-order chi connectivity index (χ1) is 7.59. The molecule has 0 unspecified atom stereocenters. The summed E-state index contributed by atoms with van der Waals surface area (Å²) in [6.07, 6.45) is 0. The van der Waals surface area contributed by atoms with E-state index in [2.05, 4.69) is 29.8 Å². The van der Waals surface area contributed by atoms with Gasteiger partial charge in [-0.3, -0.25) is 0 Å². The minimum absolute atomic E-state index is 0.521. The summed E-state index contributed by atoms with van der Waals surface area (Å²) in [4.78, 5) is 0. The molecular weight excluding hydrogens is 270 g/mol. The Labute approximate surface area is 105 Å². The topological polar surface area (TPSA) is 44.5 Å². The van der Waals surface area contributed by atoms with Gasteiger partial charge in [0.1, 0.15) is 12.4 Å². The van der Waals surface area contributed by atoms with Crippen LogP contribution in [0, 0.1) is 5.92 Å². The molecule has 3 nitrogen and oxygen atoms in total. The third-order valence-corrected chi connectivity index (χ3v) is 2.41. The van der Waals surface area contributed by atoms with Crippen molar-refractivity contribution in [2.75, 3.05) is 25.6 Å². The molecule has 0 aliphatic heterocycles. The average Bonchev–Trinajstić information content (AvgIpc) is 2.22. The molecule has 0 fully saturated rings. The summed E-state index contributed by atoms with van der Waals surface area (Å²) in [6.45, 7) is 6.11. The summed E-state index contributed by atoms with van der Waals surface area (Å²) in [5.74, 6) is 1.25. The van der Waals surface area contributed by atoms with Gasteiger partial charge in [-0.15, -0.1) is 0 Å². The maximum absolute atomic E-state index is 5.77. The van der Waals surface area contributed by atoms with Gasteiger partial charge in [0.2, 0.25) is 0 Å². The Hall–Kier alpha value is -0.740. The predicted octanol–water partition coefficient (Wildman–Crippen LogP) is 3.08. The number of nitrogen functional groups attached to an aromatic ring is 1. The second kappa shape index (κ2) is 6.76. The molecule has 0 aliphatic rings. The molecule has 0 amide bonds. The molecule has 4 heteroatoms. The Bertz CT molecular complexity index is 329. The molecule has 1 rings (SSSR count). The van der Waals surface area contributed by atoms with Crippen LogP contribution in [-0.2, 0) is 4.74 Å². The lowest BCUT2D eigenvalue weighted by molar-refractivity contribution is 0.0821. The van der Waals surface area contributed by atoms with E-state index in [9.17, 15) is 0 Å². The third kappa shape index (κ3) is 4.86. The lowest BCUT2D eigenvalue weighted by Gasteiger charge is -2.10. The molecule has 0 saturated heterocycles. The number of anilines is 1. The van der Waals surface area contributed by atoms with Crippen LogP contribution in [0.3, 0.4) is 0 Å². The van der Waals surface area contributed by atoms with Crippen LogP contribution >= 0.6 is 15.9 Å². The van der Waals surface area contributed by atoms with Crippen molar-refractivity contribution in [3.05, 3.63) is 22.7 Å². The number of halogens is 1. The van der Waals surface area contributed by atoms with E-state index in [1.165, 1.54) is 0 Å². The first-order valence-corrected chi connectivity index (χ1v) is 6.14. The van der Waals surface area contributed by atoms with Gasteiger partial charge in [0.15, 0.2) is 0 Å². The fraction of sp³-hybridized carbons (Fsp3) is 0.500. The van der Waals surface area contributed by atoms with E-state index in [1.54, 1.807) is 0 Å². The number of hydrogen-bond donors (Lipinski definition) is 1. The fourth-order valence-corrected chi connectivity index (χ4v) is 1.50. The monoisotopic (exact) mass is 287 g/mol. The molecule has 2 N–H and O–H groups in total. The minimum Gasteiger partial charge on any atom is -0.489 e. The second-order valence-electron chi connectivity index (χ2n) is 4.00. The van der Waals surface area contributed by atoms with Crippen molar-refractivity contribution in [2.24, 2.45) is 5.92 Å². The molecule has 1 aromatic carbocycles. The van der Waals surface area contributed by atoms with Crippen molar-refractivity contribution in [3.8, 4) is 5.75 Å². The zero-order valence-electron chi connectivity index (χ0n) is 9.70. The maximum atomic E-state index is 5.77. The van der Waals surface area contributed by atoms with Crippen molar-refractivity contribution in [2.45, 2.75) is 13.8 Å². The van der Waals surface area contributed by atoms with Crippen LogP contribution in [0.2, 0.25) is 0 Å². The van der Waals surface area contributed by atoms with E-state index in [1.807, 2.05) is 18.2 Å². The van der Waals surface area contributed by atoms with Crippen LogP contribution in [0.15, 0.2) is 22.7 Å². The molecule has 1 aromatic rings. The molecule has 0 spiro atoms. The highest BCUT2D eigenvalue weighted by atomic mass is 79.9. The Balaban J connectivity index is 2.29. The first-order valence-electron chi connectivity index (χ1n) is 5.35. The van der Waals surface area contributed by atoms with E-state index in [4.69, 9.17) is 15.2 Å². The highest BCUT2D eigenvalue weighted by molar-refractivity contribution is 9.10. The molecule has 0 radical (unpaired) electrons. The van der Waals surface area contributed by atoms with Crippen LogP contribution in [0.25, 0.3) is 0 Å². The van der Waals surface area contributed by atoms with E-state index >= 15 is 0 Å². The zero-order valence-corrected chi connectivity index (χ0v) is 11.3. The number of hydrogen-bond acceptors (Lipinski definition) is 3. The van der Waals surface area contributed by atoms with Gasteiger partial charge in [0.25, 0.3) is 0 Å². The summed E-state index contributed by atoms with van der Waals surface area (Å²) in [7, 11) is 0. The molecule has 0 saturated carbocycles. The Kier molecular flexibility index (Phi) is 5.63. The Morgan fingerprint density at radius 3 is 2.75 bits per heavy atom. The minimum atomic E-state index is 0.521. The summed E-state index contributed by atoms with van der Waals surface area (Å²) in [5.41, 5.74) is 6.41. The standard InChI is InChI=1S/C12H18BrNO2/c1-9(2)8-15-5-6-16-12-7-10(13)3-4-11(12)14/h3-4,7,9H,5-6,8,14H2,1-2H3. The highest BCUT2D eigenvalue weighted by Crippen LogP contribution is 2.25. The lowest BCUT2D eigenvalue weighted by Crippen LogP contribution is -2.10. The van der Waals surface area contributed by atoms with Gasteiger partial charge in [-0.1, -0.05) is 29.8 Å². The molecule has 0 bridgehead atoms. The van der Waals surface area contributed by atoms with Crippen LogP contribution < -0.4 is 10.5 Å².